The summed E-state index contributed by atoms with van der Waals surface area (Å²) in [5.41, 5.74) is 9.18. The fourth-order valence-corrected chi connectivity index (χ4v) is 6.29. The summed E-state index contributed by atoms with van der Waals surface area (Å²) in [6.07, 6.45) is 1.88. The van der Waals surface area contributed by atoms with Crippen LogP contribution in [-0.4, -0.2) is 19.6 Å². The molecule has 7 aromatic rings. The standard InChI is InChI=1S/C41H39N5O.Pt/c1-25(2)29-13-10-14-30(26(3)4)40(29)35-24-34(44-45-35)33-15-11-17-39(43-33)47-28-18-19-32-31-12-8-9-16-36(31)46(37(32)23-28)38-22-27(20-21-42-38)41(5,6)7;/h8-22,24-26H,1-7H3;/q-2;+2. The second kappa shape index (κ2) is 13.2. The topological polar surface area (TPSA) is 66.9 Å². The minimum absolute atomic E-state index is 0. The summed E-state index contributed by atoms with van der Waals surface area (Å²) in [5.74, 6) is 2.61. The van der Waals surface area contributed by atoms with E-state index in [1.165, 1.54) is 22.3 Å². The molecule has 4 aromatic heterocycles. The van der Waals surface area contributed by atoms with Crippen LogP contribution in [0.2, 0.25) is 0 Å². The summed E-state index contributed by atoms with van der Waals surface area (Å²) in [5, 5.41) is 11.4. The first-order valence-electron chi connectivity index (χ1n) is 16.3. The van der Waals surface area contributed by atoms with Crippen LogP contribution in [0.5, 0.6) is 11.6 Å². The number of benzene rings is 3. The van der Waals surface area contributed by atoms with Crippen LogP contribution < -0.4 is 9.84 Å². The number of para-hydroxylation sites is 1. The summed E-state index contributed by atoms with van der Waals surface area (Å²) >= 11 is 0. The Balaban J connectivity index is 0.00000401. The van der Waals surface area contributed by atoms with Crippen molar-refractivity contribution in [3.63, 3.8) is 0 Å². The molecule has 244 valence electrons. The number of aromatic nitrogens is 5. The van der Waals surface area contributed by atoms with E-state index in [2.05, 4.69) is 130 Å². The van der Waals surface area contributed by atoms with Crippen molar-refractivity contribution in [2.24, 2.45) is 0 Å². The van der Waals surface area contributed by atoms with Gasteiger partial charge in [0.1, 0.15) is 5.82 Å². The van der Waals surface area contributed by atoms with Crippen LogP contribution in [0.15, 0.2) is 97.2 Å². The molecule has 6 nitrogen and oxygen atoms in total. The normalized spacial score (nSPS) is 11.9. The first kappa shape index (κ1) is 33.4. The molecule has 0 aliphatic carbocycles. The Morgan fingerprint density at radius 2 is 1.50 bits per heavy atom. The van der Waals surface area contributed by atoms with Crippen LogP contribution in [0, 0.1) is 6.07 Å². The smallest absolute Gasteiger partial charge is 0.573 e. The fourth-order valence-electron chi connectivity index (χ4n) is 6.29. The van der Waals surface area contributed by atoms with Gasteiger partial charge in [0, 0.05) is 34.8 Å². The van der Waals surface area contributed by atoms with Crippen LogP contribution in [0.3, 0.4) is 0 Å². The SMILES string of the molecule is CC(C)c1cccc(C(C)C)c1-c1cc(-c2cccc(Oc3[c-]c4c(cc3)c3ccccc3n4-c3cc(C(C)(C)C)ccn3)n2)[n-]n1.[Pt+2]. The van der Waals surface area contributed by atoms with E-state index in [1.54, 1.807) is 0 Å². The molecule has 0 amide bonds. The van der Waals surface area contributed by atoms with Crippen molar-refractivity contribution in [2.75, 3.05) is 0 Å². The van der Waals surface area contributed by atoms with E-state index in [1.807, 2.05) is 36.5 Å². The van der Waals surface area contributed by atoms with Gasteiger partial charge >= 0.3 is 21.1 Å². The van der Waals surface area contributed by atoms with Crippen LogP contribution in [0.25, 0.3) is 50.3 Å². The molecule has 0 atom stereocenters. The molecule has 7 rings (SSSR count). The summed E-state index contributed by atoms with van der Waals surface area (Å²) in [7, 11) is 0. The molecule has 0 bridgehead atoms. The summed E-state index contributed by atoms with van der Waals surface area (Å²) in [4.78, 5) is 9.62. The molecule has 0 saturated carbocycles. The van der Waals surface area contributed by atoms with E-state index >= 15 is 0 Å². The molecule has 7 heteroatoms. The molecule has 0 fully saturated rings. The number of ether oxygens (including phenoxy) is 1. The maximum absolute atomic E-state index is 6.36. The molecule has 0 saturated heterocycles. The molecule has 0 aliphatic rings. The quantitative estimate of drug-likeness (QED) is 0.150. The zero-order chi connectivity index (χ0) is 32.9. The third kappa shape index (κ3) is 6.22. The molecule has 48 heavy (non-hydrogen) atoms. The third-order valence-corrected chi connectivity index (χ3v) is 8.77. The second-order valence-electron chi connectivity index (χ2n) is 13.8. The van der Waals surface area contributed by atoms with E-state index in [0.717, 1.165) is 33.3 Å². The van der Waals surface area contributed by atoms with Gasteiger partial charge in [0.25, 0.3) is 0 Å². The van der Waals surface area contributed by atoms with Crippen LogP contribution in [-0.2, 0) is 26.5 Å². The molecular weight excluding hydrogens is 774 g/mol. The minimum atomic E-state index is -0.00744. The Labute approximate surface area is 296 Å². The van der Waals surface area contributed by atoms with Gasteiger partial charge in [0.05, 0.1) is 5.69 Å². The monoisotopic (exact) mass is 812 g/mol. The molecule has 3 aromatic carbocycles. The Morgan fingerprint density at radius 3 is 2.23 bits per heavy atom. The van der Waals surface area contributed by atoms with E-state index in [-0.39, 0.29) is 26.5 Å². The maximum atomic E-state index is 6.36. The molecular formula is C41H39N5OPt. The van der Waals surface area contributed by atoms with Crippen molar-refractivity contribution in [1.29, 1.82) is 0 Å². The van der Waals surface area contributed by atoms with E-state index < -0.39 is 0 Å². The van der Waals surface area contributed by atoms with Gasteiger partial charge in [0.15, 0.2) is 0 Å². The molecule has 0 aliphatic heterocycles. The largest absolute Gasteiger partial charge is 2.00 e. The molecule has 4 heterocycles. The van der Waals surface area contributed by atoms with E-state index in [4.69, 9.17) is 14.7 Å². The molecule has 0 spiro atoms. The minimum Gasteiger partial charge on any atom is -0.573 e. The maximum Gasteiger partial charge on any atom is 2.00 e. The van der Waals surface area contributed by atoms with Gasteiger partial charge in [-0.1, -0.05) is 102 Å². The zero-order valence-corrected chi connectivity index (χ0v) is 30.6. The van der Waals surface area contributed by atoms with Gasteiger partial charge in [-0.3, -0.25) is 0 Å². The second-order valence-corrected chi connectivity index (χ2v) is 13.8. The Bertz CT molecular complexity index is 2210. The first-order valence-corrected chi connectivity index (χ1v) is 16.3. The van der Waals surface area contributed by atoms with Gasteiger partial charge in [0.2, 0.25) is 5.88 Å². The number of pyridine rings is 2. The number of rotatable bonds is 7. The third-order valence-electron chi connectivity index (χ3n) is 8.77. The van der Waals surface area contributed by atoms with Crippen LogP contribution in [0.4, 0.5) is 0 Å². The first-order chi connectivity index (χ1) is 22.6. The van der Waals surface area contributed by atoms with Crippen LogP contribution >= 0.6 is 0 Å². The van der Waals surface area contributed by atoms with Gasteiger partial charge in [-0.25, -0.2) is 9.97 Å². The van der Waals surface area contributed by atoms with Crippen LogP contribution in [0.1, 0.15) is 77.0 Å². The Hall–Kier alpha value is -4.54. The molecule has 0 radical (unpaired) electrons. The fraction of sp³-hybridized carbons (Fsp3) is 0.244. The zero-order valence-electron chi connectivity index (χ0n) is 28.4. The average Bonchev–Trinajstić information content (AvgIpc) is 3.67. The molecule has 0 unspecified atom stereocenters. The Morgan fingerprint density at radius 1 is 0.771 bits per heavy atom. The van der Waals surface area contributed by atoms with E-state index in [9.17, 15) is 0 Å². The van der Waals surface area contributed by atoms with Crippen molar-refractivity contribution in [3.05, 3.63) is 120 Å². The van der Waals surface area contributed by atoms with Crippen molar-refractivity contribution in [3.8, 4) is 40.1 Å². The number of fused-ring (bicyclic) bond motifs is 3. The predicted octanol–water partition coefficient (Wildman–Crippen LogP) is 10.4. The van der Waals surface area contributed by atoms with Gasteiger partial charge in [-0.2, -0.15) is 6.07 Å². The van der Waals surface area contributed by atoms with E-state index in [0.29, 0.717) is 34.9 Å². The summed E-state index contributed by atoms with van der Waals surface area (Å²) in [6, 6.07) is 34.5. The van der Waals surface area contributed by atoms with Crippen molar-refractivity contribution in [1.82, 2.24) is 24.7 Å². The predicted molar refractivity (Wildman–Crippen MR) is 191 cm³/mol. The number of nitrogens with zero attached hydrogens (tertiary/aromatic N) is 5. The van der Waals surface area contributed by atoms with Crippen molar-refractivity contribution >= 4 is 21.8 Å². The van der Waals surface area contributed by atoms with Crippen molar-refractivity contribution in [2.45, 2.75) is 65.7 Å². The summed E-state index contributed by atoms with van der Waals surface area (Å²) < 4.78 is 8.52. The van der Waals surface area contributed by atoms with Gasteiger partial charge < -0.3 is 19.5 Å². The number of hydrogen-bond donors (Lipinski definition) is 0. The van der Waals surface area contributed by atoms with Crippen molar-refractivity contribution < 1.29 is 25.8 Å². The Kier molecular flexibility index (Phi) is 9.15. The number of hydrogen-bond acceptors (Lipinski definition) is 4. The van der Waals surface area contributed by atoms with Gasteiger partial charge in [-0.15, -0.1) is 17.5 Å². The summed E-state index contributed by atoms with van der Waals surface area (Å²) in [6.45, 7) is 15.5. The average molecular weight is 813 g/mol. The molecule has 0 N–H and O–H groups in total. The van der Waals surface area contributed by atoms with Gasteiger partial charge in [-0.05, 0) is 69.7 Å².